The Balaban J connectivity index is 2.51. The summed E-state index contributed by atoms with van der Waals surface area (Å²) in [5.74, 6) is -0.191. The molecule has 4 nitrogen and oxygen atoms in total. The van der Waals surface area contributed by atoms with Crippen LogP contribution in [-0.2, 0) is 9.53 Å². The quantitative estimate of drug-likeness (QED) is 0.693. The highest BCUT2D eigenvalue weighted by Crippen LogP contribution is 2.13. The van der Waals surface area contributed by atoms with E-state index in [1.807, 2.05) is 35.2 Å². The first kappa shape index (κ1) is 14.0. The van der Waals surface area contributed by atoms with E-state index in [1.165, 1.54) is 0 Å². The molecule has 0 amide bonds. The van der Waals surface area contributed by atoms with Gasteiger partial charge in [0, 0.05) is 18.7 Å². The SMILES string of the molecule is CCC(=O)OCCN(CCC#N)c1ccccc1. The van der Waals surface area contributed by atoms with Crippen LogP contribution in [0.15, 0.2) is 30.3 Å². The van der Waals surface area contributed by atoms with Crippen LogP contribution in [0.4, 0.5) is 5.69 Å². The van der Waals surface area contributed by atoms with Crippen LogP contribution in [0.25, 0.3) is 0 Å². The number of benzene rings is 1. The van der Waals surface area contributed by atoms with Crippen molar-refractivity contribution in [2.75, 3.05) is 24.6 Å². The molecule has 0 saturated carbocycles. The number of para-hydroxylation sites is 1. The normalized spacial score (nSPS) is 9.56. The number of hydrogen-bond donors (Lipinski definition) is 0. The molecule has 0 fully saturated rings. The molecule has 0 aliphatic rings. The molecule has 1 aromatic rings. The molecule has 4 heteroatoms. The van der Waals surface area contributed by atoms with Gasteiger partial charge in [0.25, 0.3) is 0 Å². The van der Waals surface area contributed by atoms with Crippen molar-refractivity contribution in [3.8, 4) is 6.07 Å². The molecule has 1 rings (SSSR count). The van der Waals surface area contributed by atoms with Crippen LogP contribution in [0.1, 0.15) is 19.8 Å². The van der Waals surface area contributed by atoms with Crippen LogP contribution in [0.2, 0.25) is 0 Å². The van der Waals surface area contributed by atoms with Gasteiger partial charge < -0.3 is 9.64 Å². The largest absolute Gasteiger partial charge is 0.464 e. The molecule has 0 unspecified atom stereocenters. The Hall–Kier alpha value is -2.02. The first-order chi connectivity index (χ1) is 8.77. The monoisotopic (exact) mass is 246 g/mol. The minimum absolute atomic E-state index is 0.191. The van der Waals surface area contributed by atoms with Crippen LogP contribution in [0.5, 0.6) is 0 Å². The average molecular weight is 246 g/mol. The van der Waals surface area contributed by atoms with Crippen LogP contribution in [-0.4, -0.2) is 25.7 Å². The summed E-state index contributed by atoms with van der Waals surface area (Å²) in [4.78, 5) is 13.1. The number of esters is 1. The summed E-state index contributed by atoms with van der Waals surface area (Å²) in [6, 6.07) is 11.9. The van der Waals surface area contributed by atoms with Gasteiger partial charge in [0.15, 0.2) is 0 Å². The number of rotatable bonds is 7. The van der Waals surface area contributed by atoms with Crippen molar-refractivity contribution in [2.45, 2.75) is 19.8 Å². The third-order valence-electron chi connectivity index (χ3n) is 2.53. The molecule has 0 aliphatic heterocycles. The topological polar surface area (TPSA) is 53.3 Å². The molecule has 0 spiro atoms. The Morgan fingerprint density at radius 1 is 1.33 bits per heavy atom. The highest BCUT2D eigenvalue weighted by atomic mass is 16.5. The lowest BCUT2D eigenvalue weighted by Crippen LogP contribution is -2.29. The van der Waals surface area contributed by atoms with Crippen LogP contribution in [0, 0.1) is 11.3 Å². The number of carbonyl (C=O) groups excluding carboxylic acids is 1. The molecule has 0 radical (unpaired) electrons. The summed E-state index contributed by atoms with van der Waals surface area (Å²) in [5, 5.41) is 8.65. The third-order valence-corrected chi connectivity index (χ3v) is 2.53. The molecule has 18 heavy (non-hydrogen) atoms. The maximum absolute atomic E-state index is 11.1. The Labute approximate surface area is 108 Å². The summed E-state index contributed by atoms with van der Waals surface area (Å²) in [5.41, 5.74) is 1.04. The van der Waals surface area contributed by atoms with Crippen LogP contribution >= 0.6 is 0 Å². The molecule has 0 N–H and O–H groups in total. The number of nitrogens with zero attached hydrogens (tertiary/aromatic N) is 2. The van der Waals surface area contributed by atoms with Crippen molar-refractivity contribution in [3.05, 3.63) is 30.3 Å². The maximum Gasteiger partial charge on any atom is 0.305 e. The van der Waals surface area contributed by atoms with Gasteiger partial charge in [0.2, 0.25) is 0 Å². The average Bonchev–Trinajstić information content (AvgIpc) is 2.43. The Morgan fingerprint density at radius 2 is 2.06 bits per heavy atom. The van der Waals surface area contributed by atoms with E-state index in [-0.39, 0.29) is 5.97 Å². The zero-order valence-electron chi connectivity index (χ0n) is 10.6. The zero-order valence-corrected chi connectivity index (χ0v) is 10.6. The summed E-state index contributed by atoms with van der Waals surface area (Å²) in [7, 11) is 0. The van der Waals surface area contributed by atoms with E-state index in [0.717, 1.165) is 5.69 Å². The van der Waals surface area contributed by atoms with E-state index >= 15 is 0 Å². The number of carbonyl (C=O) groups is 1. The Bertz CT molecular complexity index is 398. The molecular formula is C14H18N2O2. The van der Waals surface area contributed by atoms with Crippen molar-refractivity contribution < 1.29 is 9.53 Å². The molecule has 0 aromatic heterocycles. The van der Waals surface area contributed by atoms with Gasteiger partial charge in [-0.15, -0.1) is 0 Å². The van der Waals surface area contributed by atoms with Gasteiger partial charge in [-0.25, -0.2) is 0 Å². The smallest absolute Gasteiger partial charge is 0.305 e. The Kier molecular flexibility index (Phi) is 6.34. The number of nitriles is 1. The fourth-order valence-electron chi connectivity index (χ4n) is 1.57. The van der Waals surface area contributed by atoms with Gasteiger partial charge in [-0.2, -0.15) is 5.26 Å². The van der Waals surface area contributed by atoms with E-state index < -0.39 is 0 Å². The molecular weight excluding hydrogens is 228 g/mol. The van der Waals surface area contributed by atoms with Gasteiger partial charge in [0.1, 0.15) is 6.61 Å². The maximum atomic E-state index is 11.1. The molecule has 0 atom stereocenters. The number of hydrogen-bond acceptors (Lipinski definition) is 4. The van der Waals surface area contributed by atoms with Crippen molar-refractivity contribution in [3.63, 3.8) is 0 Å². The fourth-order valence-corrected chi connectivity index (χ4v) is 1.57. The first-order valence-corrected chi connectivity index (χ1v) is 6.10. The molecule has 1 aromatic carbocycles. The molecule has 96 valence electrons. The second-order valence-electron chi connectivity index (χ2n) is 3.80. The lowest BCUT2D eigenvalue weighted by Gasteiger charge is -2.23. The third kappa shape index (κ3) is 4.88. The highest BCUT2D eigenvalue weighted by molar-refractivity contribution is 5.68. The fraction of sp³-hybridized carbons (Fsp3) is 0.429. The molecule has 0 saturated heterocycles. The van der Waals surface area contributed by atoms with Crippen molar-refractivity contribution in [2.24, 2.45) is 0 Å². The molecule has 0 bridgehead atoms. The van der Waals surface area contributed by atoms with Crippen molar-refractivity contribution in [1.82, 2.24) is 0 Å². The Morgan fingerprint density at radius 3 is 2.67 bits per heavy atom. The van der Waals surface area contributed by atoms with E-state index in [4.69, 9.17) is 10.00 Å². The van der Waals surface area contributed by atoms with Gasteiger partial charge in [-0.1, -0.05) is 25.1 Å². The van der Waals surface area contributed by atoms with Gasteiger partial charge in [0.05, 0.1) is 19.0 Å². The minimum Gasteiger partial charge on any atom is -0.464 e. The molecule has 0 aliphatic carbocycles. The highest BCUT2D eigenvalue weighted by Gasteiger charge is 2.06. The van der Waals surface area contributed by atoms with E-state index in [0.29, 0.717) is 32.5 Å². The minimum atomic E-state index is -0.191. The second kappa shape index (κ2) is 8.13. The summed E-state index contributed by atoms with van der Waals surface area (Å²) in [6.45, 7) is 3.38. The predicted octanol–water partition coefficient (Wildman–Crippen LogP) is 2.36. The lowest BCUT2D eigenvalue weighted by atomic mass is 10.2. The van der Waals surface area contributed by atoms with Gasteiger partial charge in [-0.05, 0) is 12.1 Å². The predicted molar refractivity (Wildman–Crippen MR) is 70.1 cm³/mol. The van der Waals surface area contributed by atoms with Crippen molar-refractivity contribution >= 4 is 11.7 Å². The van der Waals surface area contributed by atoms with E-state index in [9.17, 15) is 4.79 Å². The summed E-state index contributed by atoms with van der Waals surface area (Å²) < 4.78 is 5.06. The van der Waals surface area contributed by atoms with Crippen LogP contribution < -0.4 is 4.90 Å². The van der Waals surface area contributed by atoms with Crippen LogP contribution in [0.3, 0.4) is 0 Å². The second-order valence-corrected chi connectivity index (χ2v) is 3.80. The summed E-state index contributed by atoms with van der Waals surface area (Å²) in [6.07, 6.45) is 0.847. The summed E-state index contributed by atoms with van der Waals surface area (Å²) >= 11 is 0. The van der Waals surface area contributed by atoms with Gasteiger partial charge in [-0.3, -0.25) is 4.79 Å². The standard InChI is InChI=1S/C14H18N2O2/c1-2-14(17)18-12-11-16(10-6-9-15)13-7-4-3-5-8-13/h3-5,7-8H,2,6,10-12H2,1H3. The first-order valence-electron chi connectivity index (χ1n) is 6.10. The lowest BCUT2D eigenvalue weighted by molar-refractivity contribution is -0.142. The number of ether oxygens (including phenoxy) is 1. The van der Waals surface area contributed by atoms with E-state index in [1.54, 1.807) is 6.92 Å². The van der Waals surface area contributed by atoms with E-state index in [2.05, 4.69) is 6.07 Å². The zero-order chi connectivity index (χ0) is 13.2. The number of anilines is 1. The molecule has 0 heterocycles. The van der Waals surface area contributed by atoms with Crippen molar-refractivity contribution in [1.29, 1.82) is 5.26 Å². The van der Waals surface area contributed by atoms with Gasteiger partial charge >= 0.3 is 5.97 Å².